The maximum atomic E-state index is 6.30. The molecule has 7 aromatic carbocycles. The number of aromatic nitrogens is 2. The molecule has 0 fully saturated rings. The lowest BCUT2D eigenvalue weighted by Gasteiger charge is -2.08. The molecular formula is C41H24N2OS. The molecule has 0 aliphatic heterocycles. The van der Waals surface area contributed by atoms with Crippen LogP contribution in [0.5, 0.6) is 0 Å². The molecular weight excluding hydrogens is 569 g/mol. The van der Waals surface area contributed by atoms with Gasteiger partial charge in [0.05, 0.1) is 11.0 Å². The van der Waals surface area contributed by atoms with Crippen molar-refractivity contribution in [2.24, 2.45) is 0 Å². The van der Waals surface area contributed by atoms with E-state index in [1.165, 1.54) is 58.3 Å². The van der Waals surface area contributed by atoms with Crippen LogP contribution >= 0.6 is 11.3 Å². The van der Waals surface area contributed by atoms with Crippen LogP contribution in [0.2, 0.25) is 0 Å². The number of thiophene rings is 1. The van der Waals surface area contributed by atoms with E-state index in [4.69, 9.17) is 9.40 Å². The van der Waals surface area contributed by atoms with Gasteiger partial charge < -0.3 is 8.98 Å². The van der Waals surface area contributed by atoms with E-state index in [0.29, 0.717) is 5.89 Å². The van der Waals surface area contributed by atoms with E-state index < -0.39 is 0 Å². The number of hydrogen-bond donors (Lipinski definition) is 0. The molecule has 3 aromatic heterocycles. The molecule has 0 saturated heterocycles. The number of rotatable bonds is 3. The molecule has 3 heterocycles. The van der Waals surface area contributed by atoms with Crippen molar-refractivity contribution < 1.29 is 4.42 Å². The van der Waals surface area contributed by atoms with Crippen molar-refractivity contribution in [2.75, 3.05) is 0 Å². The van der Waals surface area contributed by atoms with Crippen molar-refractivity contribution in [3.05, 3.63) is 146 Å². The fourth-order valence-electron chi connectivity index (χ4n) is 6.87. The van der Waals surface area contributed by atoms with Gasteiger partial charge in [-0.3, -0.25) is 0 Å². The van der Waals surface area contributed by atoms with Gasteiger partial charge in [-0.25, -0.2) is 4.98 Å². The Morgan fingerprint density at radius 2 is 1.22 bits per heavy atom. The first-order chi connectivity index (χ1) is 22.3. The molecule has 4 heteroatoms. The Bertz CT molecular complexity index is 2750. The molecule has 0 N–H and O–H groups in total. The standard InChI is InChI=1S/C41H24N2OS/c1-2-10-30(11-3-1)43-34-19-18-29(23-32(34)33-22-27-8-4-5-9-28(27)24-35(33)43)25-14-16-26(17-15-25)41-42-40-36(44-41)20-21-38-39(40)31-12-6-7-13-37(31)45-38/h1-24H. The van der Waals surface area contributed by atoms with Crippen molar-refractivity contribution >= 4 is 75.2 Å². The number of benzene rings is 7. The molecule has 10 rings (SSSR count). The predicted octanol–water partition coefficient (Wildman–Crippen LogP) is 11.8. The molecule has 0 aliphatic carbocycles. The lowest BCUT2D eigenvalue weighted by Crippen LogP contribution is -1.93. The van der Waals surface area contributed by atoms with Gasteiger partial charge in [-0.05, 0) is 88.6 Å². The minimum atomic E-state index is 0.646. The quantitative estimate of drug-likeness (QED) is 0.204. The zero-order chi connectivity index (χ0) is 29.5. The van der Waals surface area contributed by atoms with E-state index >= 15 is 0 Å². The van der Waals surface area contributed by atoms with E-state index in [9.17, 15) is 0 Å². The first kappa shape index (κ1) is 24.7. The van der Waals surface area contributed by atoms with Gasteiger partial charge >= 0.3 is 0 Å². The van der Waals surface area contributed by atoms with Crippen LogP contribution in [0.15, 0.2) is 150 Å². The highest BCUT2D eigenvalue weighted by Crippen LogP contribution is 2.40. The summed E-state index contributed by atoms with van der Waals surface area (Å²) in [5, 5.41) is 7.40. The second kappa shape index (κ2) is 9.39. The van der Waals surface area contributed by atoms with Gasteiger partial charge in [-0.2, -0.15) is 0 Å². The lowest BCUT2D eigenvalue weighted by molar-refractivity contribution is 0.620. The first-order valence-electron chi connectivity index (χ1n) is 15.1. The zero-order valence-corrected chi connectivity index (χ0v) is 24.9. The Balaban J connectivity index is 1.10. The summed E-state index contributed by atoms with van der Waals surface area (Å²) in [4.78, 5) is 5.00. The van der Waals surface area contributed by atoms with Crippen molar-refractivity contribution in [3.8, 4) is 28.3 Å². The summed E-state index contributed by atoms with van der Waals surface area (Å²) < 4.78 is 11.2. The van der Waals surface area contributed by atoms with E-state index in [1.54, 1.807) is 11.3 Å². The average molecular weight is 593 g/mol. The predicted molar refractivity (Wildman–Crippen MR) is 190 cm³/mol. The second-order valence-corrected chi connectivity index (χ2v) is 12.7. The third-order valence-electron chi connectivity index (χ3n) is 9.01. The first-order valence-corrected chi connectivity index (χ1v) is 15.9. The summed E-state index contributed by atoms with van der Waals surface area (Å²) in [5.74, 6) is 0.646. The molecule has 0 spiro atoms. The SMILES string of the molecule is c1ccc(-n2c3ccc(-c4ccc(-c5nc6c(ccc7sc8ccccc8c76)o5)cc4)cc3c3cc4ccccc4cc32)cc1. The molecule has 0 unspecified atom stereocenters. The summed E-state index contributed by atoms with van der Waals surface area (Å²) in [6, 6.07) is 52.0. The monoisotopic (exact) mass is 592 g/mol. The number of para-hydroxylation sites is 1. The third-order valence-corrected chi connectivity index (χ3v) is 10.1. The number of nitrogens with zero attached hydrogens (tertiary/aromatic N) is 2. The van der Waals surface area contributed by atoms with Gasteiger partial charge in [-0.1, -0.05) is 78.9 Å². The maximum Gasteiger partial charge on any atom is 0.227 e. The smallest absolute Gasteiger partial charge is 0.227 e. The number of fused-ring (bicyclic) bond motifs is 9. The Hall–Kier alpha value is -5.71. The van der Waals surface area contributed by atoms with Crippen LogP contribution < -0.4 is 0 Å². The summed E-state index contributed by atoms with van der Waals surface area (Å²) >= 11 is 1.80. The van der Waals surface area contributed by atoms with E-state index in [0.717, 1.165) is 27.9 Å². The Morgan fingerprint density at radius 1 is 0.511 bits per heavy atom. The highest BCUT2D eigenvalue weighted by Gasteiger charge is 2.17. The van der Waals surface area contributed by atoms with Crippen molar-refractivity contribution in [1.29, 1.82) is 0 Å². The molecule has 210 valence electrons. The molecule has 0 bridgehead atoms. The van der Waals surface area contributed by atoms with Gasteiger partial charge in [0.25, 0.3) is 0 Å². The normalized spacial score (nSPS) is 12.0. The highest BCUT2D eigenvalue weighted by atomic mass is 32.1. The van der Waals surface area contributed by atoms with Gasteiger partial charge in [0.2, 0.25) is 5.89 Å². The van der Waals surface area contributed by atoms with Gasteiger partial charge in [0, 0.05) is 42.2 Å². The Morgan fingerprint density at radius 3 is 2.09 bits per heavy atom. The van der Waals surface area contributed by atoms with Crippen LogP contribution in [0.4, 0.5) is 0 Å². The van der Waals surface area contributed by atoms with Crippen molar-refractivity contribution in [2.45, 2.75) is 0 Å². The molecule has 3 nitrogen and oxygen atoms in total. The van der Waals surface area contributed by atoms with Crippen LogP contribution in [-0.2, 0) is 0 Å². The average Bonchev–Trinajstić information content (AvgIpc) is 3.79. The van der Waals surface area contributed by atoms with Gasteiger partial charge in [0.1, 0.15) is 5.52 Å². The second-order valence-electron chi connectivity index (χ2n) is 11.6. The maximum absolute atomic E-state index is 6.30. The lowest BCUT2D eigenvalue weighted by atomic mass is 10.0. The van der Waals surface area contributed by atoms with Crippen LogP contribution in [0.25, 0.3) is 92.1 Å². The molecule has 0 aliphatic rings. The van der Waals surface area contributed by atoms with Gasteiger partial charge in [0.15, 0.2) is 5.58 Å². The van der Waals surface area contributed by atoms with E-state index in [-0.39, 0.29) is 0 Å². The number of hydrogen-bond acceptors (Lipinski definition) is 3. The molecule has 0 saturated carbocycles. The number of oxazole rings is 1. The van der Waals surface area contributed by atoms with Crippen LogP contribution in [-0.4, -0.2) is 9.55 Å². The molecule has 0 atom stereocenters. The summed E-state index contributed by atoms with van der Waals surface area (Å²) in [7, 11) is 0. The largest absolute Gasteiger partial charge is 0.436 e. The van der Waals surface area contributed by atoms with Crippen LogP contribution in [0.1, 0.15) is 0 Å². The Labute approximate surface area is 262 Å². The van der Waals surface area contributed by atoms with Crippen molar-refractivity contribution in [3.63, 3.8) is 0 Å². The minimum absolute atomic E-state index is 0.646. The summed E-state index contributed by atoms with van der Waals surface area (Å²) in [5.41, 5.74) is 8.63. The molecule has 0 radical (unpaired) electrons. The minimum Gasteiger partial charge on any atom is -0.436 e. The zero-order valence-electron chi connectivity index (χ0n) is 24.1. The summed E-state index contributed by atoms with van der Waals surface area (Å²) in [6.45, 7) is 0. The molecule has 10 aromatic rings. The van der Waals surface area contributed by atoms with E-state index in [1.807, 2.05) is 6.07 Å². The Kier molecular flexibility index (Phi) is 5.16. The fourth-order valence-corrected chi connectivity index (χ4v) is 7.98. The fraction of sp³-hybridized carbons (Fsp3) is 0. The topological polar surface area (TPSA) is 31.0 Å². The molecule has 0 amide bonds. The highest BCUT2D eigenvalue weighted by molar-refractivity contribution is 7.26. The van der Waals surface area contributed by atoms with Gasteiger partial charge in [-0.15, -0.1) is 11.3 Å². The third kappa shape index (κ3) is 3.73. The van der Waals surface area contributed by atoms with Crippen LogP contribution in [0, 0.1) is 0 Å². The van der Waals surface area contributed by atoms with Crippen LogP contribution in [0.3, 0.4) is 0 Å². The van der Waals surface area contributed by atoms with Crippen molar-refractivity contribution in [1.82, 2.24) is 9.55 Å². The molecule has 45 heavy (non-hydrogen) atoms. The van der Waals surface area contributed by atoms with E-state index in [2.05, 4.69) is 144 Å². The summed E-state index contributed by atoms with van der Waals surface area (Å²) in [6.07, 6.45) is 0.